The molecule has 3 saturated heterocycles. The number of amides is 2. The number of carbonyl (C=O) groups excluding carboxylic acids is 2. The van der Waals surface area contributed by atoms with Crippen molar-refractivity contribution in [3.63, 3.8) is 0 Å². The predicted octanol–water partition coefficient (Wildman–Crippen LogP) is 1.93. The van der Waals surface area contributed by atoms with Crippen molar-refractivity contribution in [2.24, 2.45) is 5.73 Å². The first-order valence-corrected chi connectivity index (χ1v) is 11.5. The fraction of sp³-hybridized carbons (Fsp3) is 0.417. The summed E-state index contributed by atoms with van der Waals surface area (Å²) in [6.07, 6.45) is 4.61. The molecule has 3 aromatic rings. The number of hydrogen-bond donors (Lipinski definition) is 1. The van der Waals surface area contributed by atoms with Crippen molar-refractivity contribution in [3.8, 4) is 0 Å². The van der Waals surface area contributed by atoms with Gasteiger partial charge >= 0.3 is 0 Å². The summed E-state index contributed by atoms with van der Waals surface area (Å²) in [5.74, 6) is 0.405. The summed E-state index contributed by atoms with van der Waals surface area (Å²) < 4.78 is 8.12. The van der Waals surface area contributed by atoms with E-state index in [0.717, 1.165) is 18.7 Å². The van der Waals surface area contributed by atoms with E-state index >= 15 is 0 Å². The third-order valence-corrected chi connectivity index (χ3v) is 7.33. The van der Waals surface area contributed by atoms with Crippen LogP contribution in [0.2, 0.25) is 0 Å². The molecule has 2 N–H and O–H groups in total. The summed E-state index contributed by atoms with van der Waals surface area (Å²) >= 11 is 0. The molecule has 3 aliphatic rings. The predicted molar refractivity (Wildman–Crippen MR) is 121 cm³/mol. The van der Waals surface area contributed by atoms with Crippen molar-refractivity contribution in [2.75, 3.05) is 24.5 Å². The van der Waals surface area contributed by atoms with Crippen LogP contribution in [0, 0.1) is 0 Å². The van der Waals surface area contributed by atoms with Crippen LogP contribution in [-0.4, -0.2) is 62.7 Å². The molecule has 6 rings (SSSR count). The molecule has 2 atom stereocenters. The standard InChI is InChI=1S/C24H26N6O3/c25-21(31)18-7-9-20(30-22(18)26-15-27-30)28-12-10-24(11-13-28)23(32)29-14-17(33-24)6-8-19(29)16-4-2-1-3-5-16/h1-5,7,9,15,17,19H,6,8,10-14H2,(H2,25,31)/t17-,19-/m0/s1. The number of morpholine rings is 1. The Labute approximate surface area is 191 Å². The van der Waals surface area contributed by atoms with Crippen LogP contribution in [-0.2, 0) is 9.53 Å². The second kappa shape index (κ2) is 7.55. The van der Waals surface area contributed by atoms with Crippen LogP contribution < -0.4 is 10.6 Å². The maximum absolute atomic E-state index is 13.7. The number of rotatable bonds is 3. The summed E-state index contributed by atoms with van der Waals surface area (Å²) in [4.78, 5) is 33.9. The molecule has 0 radical (unpaired) electrons. The van der Waals surface area contributed by atoms with Gasteiger partial charge in [-0.3, -0.25) is 9.59 Å². The smallest absolute Gasteiger partial charge is 0.255 e. The number of primary amides is 1. The molecule has 2 aromatic heterocycles. The number of nitrogens with two attached hydrogens (primary N) is 1. The number of pyridine rings is 1. The molecular formula is C24H26N6O3. The number of carbonyl (C=O) groups is 2. The van der Waals surface area contributed by atoms with E-state index in [4.69, 9.17) is 10.5 Å². The van der Waals surface area contributed by atoms with Crippen molar-refractivity contribution in [2.45, 2.75) is 43.4 Å². The molecule has 0 saturated carbocycles. The monoisotopic (exact) mass is 446 g/mol. The molecule has 9 heteroatoms. The van der Waals surface area contributed by atoms with Crippen LogP contribution in [0.25, 0.3) is 5.65 Å². The number of fused-ring (bicyclic) bond motifs is 3. The van der Waals surface area contributed by atoms with Crippen LogP contribution in [0.1, 0.15) is 47.6 Å². The van der Waals surface area contributed by atoms with E-state index in [1.165, 1.54) is 11.9 Å². The van der Waals surface area contributed by atoms with Crippen LogP contribution >= 0.6 is 0 Å². The second-order valence-electron chi connectivity index (χ2n) is 9.15. The molecule has 1 aromatic carbocycles. The Morgan fingerprint density at radius 3 is 2.64 bits per heavy atom. The van der Waals surface area contributed by atoms with Crippen molar-refractivity contribution >= 4 is 23.3 Å². The van der Waals surface area contributed by atoms with Crippen LogP contribution in [0.4, 0.5) is 5.82 Å². The van der Waals surface area contributed by atoms with E-state index in [1.54, 1.807) is 10.6 Å². The van der Waals surface area contributed by atoms with E-state index in [0.29, 0.717) is 43.7 Å². The Bertz CT molecular complexity index is 1220. The Hall–Kier alpha value is -3.46. The van der Waals surface area contributed by atoms with Gasteiger partial charge in [0.1, 0.15) is 12.1 Å². The van der Waals surface area contributed by atoms with E-state index in [-0.39, 0.29) is 18.1 Å². The zero-order valence-electron chi connectivity index (χ0n) is 18.3. The molecule has 33 heavy (non-hydrogen) atoms. The molecule has 0 unspecified atom stereocenters. The molecule has 3 aliphatic heterocycles. The second-order valence-corrected chi connectivity index (χ2v) is 9.15. The zero-order chi connectivity index (χ0) is 22.6. The van der Waals surface area contributed by atoms with Crippen LogP contribution in [0.5, 0.6) is 0 Å². The average molecular weight is 447 g/mol. The fourth-order valence-corrected chi connectivity index (χ4v) is 5.67. The third-order valence-electron chi connectivity index (χ3n) is 7.33. The maximum atomic E-state index is 13.7. The number of hydrogen-bond acceptors (Lipinski definition) is 6. The summed E-state index contributed by atoms with van der Waals surface area (Å²) in [6, 6.07) is 14.0. The van der Waals surface area contributed by atoms with Gasteiger partial charge in [-0.15, -0.1) is 0 Å². The quantitative estimate of drug-likeness (QED) is 0.659. The Morgan fingerprint density at radius 1 is 1.09 bits per heavy atom. The van der Waals surface area contributed by atoms with Gasteiger partial charge in [0, 0.05) is 32.5 Å². The van der Waals surface area contributed by atoms with Gasteiger partial charge in [0.2, 0.25) is 0 Å². The number of benzene rings is 1. The van der Waals surface area contributed by atoms with Gasteiger partial charge in [-0.25, -0.2) is 4.98 Å². The molecule has 170 valence electrons. The highest BCUT2D eigenvalue weighted by molar-refractivity contribution is 5.99. The van der Waals surface area contributed by atoms with Gasteiger partial charge in [0.25, 0.3) is 11.8 Å². The maximum Gasteiger partial charge on any atom is 0.255 e. The fourth-order valence-electron chi connectivity index (χ4n) is 5.67. The van der Waals surface area contributed by atoms with Gasteiger partial charge in [-0.1, -0.05) is 30.3 Å². The molecule has 9 nitrogen and oxygen atoms in total. The Balaban J connectivity index is 1.25. The lowest BCUT2D eigenvalue weighted by Crippen LogP contribution is -2.65. The highest BCUT2D eigenvalue weighted by atomic mass is 16.5. The minimum atomic E-state index is -0.776. The van der Waals surface area contributed by atoms with E-state index in [9.17, 15) is 9.59 Å². The molecule has 5 heterocycles. The van der Waals surface area contributed by atoms with Crippen molar-refractivity contribution < 1.29 is 14.3 Å². The first kappa shape index (κ1) is 20.2. The van der Waals surface area contributed by atoms with Gasteiger partial charge in [-0.05, 0) is 30.5 Å². The van der Waals surface area contributed by atoms with E-state index in [1.807, 2.05) is 24.3 Å². The molecule has 2 amide bonds. The lowest BCUT2D eigenvalue weighted by molar-refractivity contribution is -0.204. The minimum absolute atomic E-state index is 0.0890. The SMILES string of the molecule is NC(=O)c1ccc(N2CCC3(CC2)O[C@H]2CC[C@@H](c4ccccc4)N(C2)C3=O)n2ncnc12. The largest absolute Gasteiger partial charge is 0.365 e. The first-order chi connectivity index (χ1) is 16.1. The zero-order valence-corrected chi connectivity index (χ0v) is 18.3. The van der Waals surface area contributed by atoms with Crippen molar-refractivity contribution in [3.05, 3.63) is 59.9 Å². The van der Waals surface area contributed by atoms with E-state index in [2.05, 4.69) is 32.0 Å². The van der Waals surface area contributed by atoms with Gasteiger partial charge in [0.05, 0.1) is 17.7 Å². The highest BCUT2D eigenvalue weighted by Crippen LogP contribution is 2.43. The number of piperidine rings is 2. The van der Waals surface area contributed by atoms with E-state index < -0.39 is 11.5 Å². The van der Waals surface area contributed by atoms with Gasteiger partial charge < -0.3 is 20.3 Å². The Morgan fingerprint density at radius 2 is 1.88 bits per heavy atom. The number of ether oxygens (including phenoxy) is 1. The molecule has 2 bridgehead atoms. The topological polar surface area (TPSA) is 106 Å². The number of nitrogens with zero attached hydrogens (tertiary/aromatic N) is 5. The molecule has 0 aliphatic carbocycles. The summed E-state index contributed by atoms with van der Waals surface area (Å²) in [7, 11) is 0. The Kier molecular flexibility index (Phi) is 4.62. The number of anilines is 1. The molecule has 1 spiro atoms. The minimum Gasteiger partial charge on any atom is -0.365 e. The van der Waals surface area contributed by atoms with Crippen molar-refractivity contribution in [1.29, 1.82) is 0 Å². The number of aromatic nitrogens is 3. The summed E-state index contributed by atoms with van der Waals surface area (Å²) in [5.41, 5.74) is 6.68. The highest BCUT2D eigenvalue weighted by Gasteiger charge is 2.53. The summed E-state index contributed by atoms with van der Waals surface area (Å²) in [5, 5.41) is 4.30. The normalized spacial score (nSPS) is 24.4. The first-order valence-electron chi connectivity index (χ1n) is 11.5. The lowest BCUT2D eigenvalue weighted by atomic mass is 9.83. The van der Waals surface area contributed by atoms with Crippen LogP contribution in [0.3, 0.4) is 0 Å². The lowest BCUT2D eigenvalue weighted by Gasteiger charge is -2.53. The van der Waals surface area contributed by atoms with Gasteiger partial charge in [-0.2, -0.15) is 9.61 Å². The van der Waals surface area contributed by atoms with Crippen LogP contribution in [0.15, 0.2) is 48.8 Å². The summed E-state index contributed by atoms with van der Waals surface area (Å²) in [6.45, 7) is 1.96. The van der Waals surface area contributed by atoms with Gasteiger partial charge in [0.15, 0.2) is 11.2 Å². The average Bonchev–Trinajstić information content (AvgIpc) is 3.33. The third kappa shape index (κ3) is 3.18. The van der Waals surface area contributed by atoms with Crippen molar-refractivity contribution in [1.82, 2.24) is 19.5 Å². The molecule has 3 fully saturated rings. The molecular weight excluding hydrogens is 420 g/mol.